The number of rotatable bonds is 8. The Morgan fingerprint density at radius 3 is 2.80 bits per heavy atom. The van der Waals surface area contributed by atoms with Gasteiger partial charge in [-0.1, -0.05) is 12.1 Å². The molecule has 0 radical (unpaired) electrons. The minimum absolute atomic E-state index is 0.0920. The molecule has 0 fully saturated rings. The molecule has 2 rings (SSSR count). The van der Waals surface area contributed by atoms with Crippen molar-refractivity contribution in [3.63, 3.8) is 0 Å². The van der Waals surface area contributed by atoms with Gasteiger partial charge in [0, 0.05) is 24.9 Å². The lowest BCUT2D eigenvalue weighted by atomic mass is 10.2. The Morgan fingerprint density at radius 2 is 2.15 bits per heavy atom. The van der Waals surface area contributed by atoms with Gasteiger partial charge in [-0.25, -0.2) is 4.98 Å². The summed E-state index contributed by atoms with van der Waals surface area (Å²) in [5.41, 5.74) is 9.15. The van der Waals surface area contributed by atoms with Crippen molar-refractivity contribution in [2.75, 3.05) is 13.2 Å². The summed E-state index contributed by atoms with van der Waals surface area (Å²) in [6.45, 7) is 1.59. The SMILES string of the molecule is NC(=O)COc1ccc(CNCCc2cscn2)cc1. The Labute approximate surface area is 121 Å². The molecule has 1 amide bonds. The van der Waals surface area contributed by atoms with E-state index in [0.717, 1.165) is 30.8 Å². The van der Waals surface area contributed by atoms with Crippen LogP contribution in [0.15, 0.2) is 35.2 Å². The quantitative estimate of drug-likeness (QED) is 0.720. The minimum atomic E-state index is -0.474. The highest BCUT2D eigenvalue weighted by atomic mass is 32.1. The average molecular weight is 291 g/mol. The number of carbonyl (C=O) groups is 1. The molecule has 0 spiro atoms. The fourth-order valence-corrected chi connectivity index (χ4v) is 2.26. The molecule has 0 unspecified atom stereocenters. The van der Waals surface area contributed by atoms with Crippen LogP contribution in [0.5, 0.6) is 5.75 Å². The van der Waals surface area contributed by atoms with Gasteiger partial charge in [-0.15, -0.1) is 11.3 Å². The highest BCUT2D eigenvalue weighted by Crippen LogP contribution is 2.11. The molecular weight excluding hydrogens is 274 g/mol. The smallest absolute Gasteiger partial charge is 0.255 e. The van der Waals surface area contributed by atoms with Crippen LogP contribution in [-0.2, 0) is 17.8 Å². The third kappa shape index (κ3) is 4.99. The zero-order valence-electron chi connectivity index (χ0n) is 11.0. The zero-order chi connectivity index (χ0) is 14.2. The number of hydrogen-bond acceptors (Lipinski definition) is 5. The number of ether oxygens (including phenoxy) is 1. The molecule has 0 saturated carbocycles. The molecule has 1 aromatic heterocycles. The van der Waals surface area contributed by atoms with Crippen molar-refractivity contribution in [2.45, 2.75) is 13.0 Å². The van der Waals surface area contributed by atoms with E-state index in [-0.39, 0.29) is 6.61 Å². The molecule has 0 saturated heterocycles. The molecular formula is C14H17N3O2S. The molecule has 0 aliphatic rings. The predicted octanol–water partition coefficient (Wildman–Crippen LogP) is 1.34. The highest BCUT2D eigenvalue weighted by molar-refractivity contribution is 7.07. The summed E-state index contributed by atoms with van der Waals surface area (Å²) in [6, 6.07) is 7.60. The lowest BCUT2D eigenvalue weighted by Gasteiger charge is -2.06. The second kappa shape index (κ2) is 7.62. The van der Waals surface area contributed by atoms with Crippen LogP contribution in [0.2, 0.25) is 0 Å². The van der Waals surface area contributed by atoms with Gasteiger partial charge in [-0.05, 0) is 17.7 Å². The number of nitrogens with one attached hydrogen (secondary N) is 1. The number of benzene rings is 1. The highest BCUT2D eigenvalue weighted by Gasteiger charge is 1.99. The van der Waals surface area contributed by atoms with Gasteiger partial charge >= 0.3 is 0 Å². The van der Waals surface area contributed by atoms with Crippen LogP contribution in [0, 0.1) is 0 Å². The van der Waals surface area contributed by atoms with Crippen LogP contribution in [0.1, 0.15) is 11.3 Å². The number of aromatic nitrogens is 1. The maximum atomic E-state index is 10.6. The Balaban J connectivity index is 1.69. The van der Waals surface area contributed by atoms with Gasteiger partial charge in [-0.2, -0.15) is 0 Å². The lowest BCUT2D eigenvalue weighted by molar-refractivity contribution is -0.119. The number of primary amides is 1. The molecule has 106 valence electrons. The molecule has 6 heteroatoms. The summed E-state index contributed by atoms with van der Waals surface area (Å²) >= 11 is 1.62. The van der Waals surface area contributed by atoms with Crippen LogP contribution in [-0.4, -0.2) is 24.0 Å². The van der Waals surface area contributed by atoms with Crippen molar-refractivity contribution in [3.05, 3.63) is 46.4 Å². The first-order valence-electron chi connectivity index (χ1n) is 6.32. The number of nitrogens with two attached hydrogens (primary N) is 1. The van der Waals surface area contributed by atoms with E-state index in [1.807, 2.05) is 29.8 Å². The van der Waals surface area contributed by atoms with E-state index in [0.29, 0.717) is 5.75 Å². The van der Waals surface area contributed by atoms with Crippen LogP contribution in [0.4, 0.5) is 0 Å². The molecule has 0 aliphatic heterocycles. The molecule has 5 nitrogen and oxygen atoms in total. The molecule has 1 heterocycles. The number of nitrogens with zero attached hydrogens (tertiary/aromatic N) is 1. The van der Waals surface area contributed by atoms with Gasteiger partial charge in [0.05, 0.1) is 11.2 Å². The summed E-state index contributed by atoms with van der Waals surface area (Å²) in [4.78, 5) is 14.8. The fourth-order valence-electron chi connectivity index (χ4n) is 1.67. The minimum Gasteiger partial charge on any atom is -0.484 e. The van der Waals surface area contributed by atoms with E-state index in [4.69, 9.17) is 10.5 Å². The molecule has 3 N–H and O–H groups in total. The van der Waals surface area contributed by atoms with E-state index in [1.54, 1.807) is 11.3 Å². The maximum absolute atomic E-state index is 10.6. The maximum Gasteiger partial charge on any atom is 0.255 e. The second-order valence-corrected chi connectivity index (χ2v) is 5.02. The van der Waals surface area contributed by atoms with E-state index >= 15 is 0 Å². The summed E-state index contributed by atoms with van der Waals surface area (Å²) in [5, 5.41) is 5.42. The summed E-state index contributed by atoms with van der Waals surface area (Å²) in [6.07, 6.45) is 0.934. The molecule has 0 atom stereocenters. The fraction of sp³-hybridized carbons (Fsp3) is 0.286. The van der Waals surface area contributed by atoms with Crippen molar-refractivity contribution < 1.29 is 9.53 Å². The van der Waals surface area contributed by atoms with Crippen molar-refractivity contribution in [3.8, 4) is 5.75 Å². The summed E-state index contributed by atoms with van der Waals surface area (Å²) in [5.74, 6) is 0.174. The van der Waals surface area contributed by atoms with Crippen LogP contribution < -0.4 is 15.8 Å². The molecule has 2 aromatic rings. The molecule has 0 bridgehead atoms. The van der Waals surface area contributed by atoms with Gasteiger partial charge in [0.2, 0.25) is 0 Å². The van der Waals surface area contributed by atoms with E-state index < -0.39 is 5.91 Å². The Bertz CT molecular complexity index is 526. The first-order chi connectivity index (χ1) is 9.74. The number of carbonyl (C=O) groups excluding carboxylic acids is 1. The molecule has 1 aromatic carbocycles. The van der Waals surface area contributed by atoms with Crippen molar-refractivity contribution in [1.82, 2.24) is 10.3 Å². The van der Waals surface area contributed by atoms with E-state index in [1.165, 1.54) is 0 Å². The molecule has 20 heavy (non-hydrogen) atoms. The third-order valence-electron chi connectivity index (χ3n) is 2.67. The summed E-state index contributed by atoms with van der Waals surface area (Å²) in [7, 11) is 0. The van der Waals surface area contributed by atoms with Gasteiger partial charge < -0.3 is 15.8 Å². The Hall–Kier alpha value is -1.92. The van der Waals surface area contributed by atoms with Crippen LogP contribution in [0.3, 0.4) is 0 Å². The number of amides is 1. The van der Waals surface area contributed by atoms with Crippen molar-refractivity contribution >= 4 is 17.2 Å². The largest absolute Gasteiger partial charge is 0.484 e. The number of thiazole rings is 1. The van der Waals surface area contributed by atoms with E-state index in [2.05, 4.69) is 15.7 Å². The first kappa shape index (κ1) is 14.5. The van der Waals surface area contributed by atoms with Gasteiger partial charge in [0.15, 0.2) is 6.61 Å². The first-order valence-corrected chi connectivity index (χ1v) is 7.26. The van der Waals surface area contributed by atoms with Crippen LogP contribution in [0.25, 0.3) is 0 Å². The zero-order valence-corrected chi connectivity index (χ0v) is 11.9. The normalized spacial score (nSPS) is 10.4. The molecule has 0 aliphatic carbocycles. The van der Waals surface area contributed by atoms with Crippen LogP contribution >= 0.6 is 11.3 Å². The third-order valence-corrected chi connectivity index (χ3v) is 3.31. The van der Waals surface area contributed by atoms with Gasteiger partial charge in [0.25, 0.3) is 5.91 Å². The van der Waals surface area contributed by atoms with Gasteiger partial charge in [0.1, 0.15) is 5.75 Å². The summed E-state index contributed by atoms with van der Waals surface area (Å²) < 4.78 is 5.19. The Kier molecular flexibility index (Phi) is 5.52. The van der Waals surface area contributed by atoms with Gasteiger partial charge in [-0.3, -0.25) is 4.79 Å². The predicted molar refractivity (Wildman–Crippen MR) is 78.7 cm³/mol. The standard InChI is InChI=1S/C14H17N3O2S/c15-14(18)8-19-13-3-1-11(2-4-13)7-16-6-5-12-9-20-10-17-12/h1-4,9-10,16H,5-8H2,(H2,15,18). The van der Waals surface area contributed by atoms with Crippen molar-refractivity contribution in [1.29, 1.82) is 0 Å². The lowest BCUT2D eigenvalue weighted by Crippen LogP contribution is -2.20. The van der Waals surface area contributed by atoms with E-state index in [9.17, 15) is 4.79 Å². The number of hydrogen-bond donors (Lipinski definition) is 2. The second-order valence-electron chi connectivity index (χ2n) is 4.31. The Morgan fingerprint density at radius 1 is 1.35 bits per heavy atom. The van der Waals surface area contributed by atoms with Crippen molar-refractivity contribution in [2.24, 2.45) is 5.73 Å². The average Bonchev–Trinajstić information content (AvgIpc) is 2.96. The monoisotopic (exact) mass is 291 g/mol. The topological polar surface area (TPSA) is 77.2 Å².